The molecule has 0 bridgehead atoms. The maximum absolute atomic E-state index is 5.88. The van der Waals surface area contributed by atoms with Crippen LogP contribution in [-0.4, -0.2) is 56.6 Å². The number of ether oxygens (including phenoxy) is 2. The zero-order valence-corrected chi connectivity index (χ0v) is 12.1. The number of hydrogen-bond donors (Lipinski definition) is 1. The summed E-state index contributed by atoms with van der Waals surface area (Å²) in [6, 6.07) is 1.08. The van der Waals surface area contributed by atoms with Crippen molar-refractivity contribution in [2.75, 3.05) is 33.9 Å². The van der Waals surface area contributed by atoms with Crippen molar-refractivity contribution in [1.29, 1.82) is 0 Å². The summed E-state index contributed by atoms with van der Waals surface area (Å²) in [4.78, 5) is 2.48. The molecule has 1 aliphatic heterocycles. The van der Waals surface area contributed by atoms with Crippen molar-refractivity contribution in [3.63, 3.8) is 0 Å². The summed E-state index contributed by atoms with van der Waals surface area (Å²) in [5.41, 5.74) is 0. The van der Waals surface area contributed by atoms with Crippen LogP contribution < -0.4 is 5.32 Å². The van der Waals surface area contributed by atoms with Crippen molar-refractivity contribution < 1.29 is 9.47 Å². The van der Waals surface area contributed by atoms with Gasteiger partial charge in [0.25, 0.3) is 0 Å². The van der Waals surface area contributed by atoms with Gasteiger partial charge in [-0.3, -0.25) is 0 Å². The highest BCUT2D eigenvalue weighted by Gasteiger charge is 2.45. The molecule has 106 valence electrons. The molecule has 0 aromatic carbocycles. The van der Waals surface area contributed by atoms with E-state index in [9.17, 15) is 0 Å². The molecule has 4 nitrogen and oxygen atoms in total. The summed E-state index contributed by atoms with van der Waals surface area (Å²) in [7, 11) is 4.30. The van der Waals surface area contributed by atoms with Crippen molar-refractivity contribution in [1.82, 2.24) is 10.2 Å². The molecule has 0 amide bonds. The lowest BCUT2D eigenvalue weighted by Crippen LogP contribution is -2.56. The number of unbranched alkanes of at least 4 members (excludes halogenated alkanes) is 1. The predicted octanol–water partition coefficient (Wildman–Crippen LogP) is 1.60. The number of rotatable bonds is 5. The highest BCUT2D eigenvalue weighted by molar-refractivity contribution is 4.95. The Labute approximate surface area is 111 Å². The second-order valence-electron chi connectivity index (χ2n) is 5.65. The van der Waals surface area contributed by atoms with Crippen LogP contribution in [-0.2, 0) is 9.47 Å². The minimum Gasteiger partial charge on any atom is -0.347 e. The molecule has 2 fully saturated rings. The van der Waals surface area contributed by atoms with Crippen molar-refractivity contribution in [3.8, 4) is 0 Å². The van der Waals surface area contributed by atoms with Crippen LogP contribution in [0.3, 0.4) is 0 Å². The molecule has 1 heterocycles. The summed E-state index contributed by atoms with van der Waals surface area (Å²) >= 11 is 0. The molecule has 0 aromatic rings. The standard InChI is InChI=1S/C14H28N2O2/c1-4-5-8-16(3)13-11-14(17-9-10-18-14)7-6-12(13)15-2/h12-13,15H,4-11H2,1-3H3. The Bertz CT molecular complexity index is 254. The average molecular weight is 256 g/mol. The second-order valence-corrected chi connectivity index (χ2v) is 5.65. The Kier molecular flexibility index (Phi) is 5.01. The van der Waals surface area contributed by atoms with E-state index < -0.39 is 0 Å². The number of nitrogens with one attached hydrogen (secondary N) is 1. The van der Waals surface area contributed by atoms with E-state index in [0.29, 0.717) is 12.1 Å². The van der Waals surface area contributed by atoms with Crippen LogP contribution in [0, 0.1) is 0 Å². The monoisotopic (exact) mass is 256 g/mol. The zero-order valence-electron chi connectivity index (χ0n) is 12.1. The van der Waals surface area contributed by atoms with Gasteiger partial charge in [-0.15, -0.1) is 0 Å². The molecule has 1 spiro atoms. The summed E-state index contributed by atoms with van der Waals surface area (Å²) in [5, 5.41) is 3.46. The molecule has 1 saturated carbocycles. The van der Waals surface area contributed by atoms with Crippen LogP contribution in [0.25, 0.3) is 0 Å². The fraction of sp³-hybridized carbons (Fsp3) is 1.00. The number of hydrogen-bond acceptors (Lipinski definition) is 4. The van der Waals surface area contributed by atoms with E-state index in [4.69, 9.17) is 9.47 Å². The highest BCUT2D eigenvalue weighted by atomic mass is 16.7. The molecule has 1 N–H and O–H groups in total. The van der Waals surface area contributed by atoms with E-state index in [1.54, 1.807) is 0 Å². The molecule has 1 saturated heterocycles. The first-order chi connectivity index (χ1) is 8.71. The second kappa shape index (κ2) is 6.33. The van der Waals surface area contributed by atoms with Crippen LogP contribution in [0.1, 0.15) is 39.0 Å². The van der Waals surface area contributed by atoms with Gasteiger partial charge in [0, 0.05) is 24.9 Å². The van der Waals surface area contributed by atoms with E-state index in [0.717, 1.165) is 39.0 Å². The molecule has 4 heteroatoms. The quantitative estimate of drug-likeness (QED) is 0.810. The highest BCUT2D eigenvalue weighted by Crippen LogP contribution is 2.37. The third-order valence-electron chi connectivity index (χ3n) is 4.44. The molecule has 2 aliphatic rings. The van der Waals surface area contributed by atoms with Crippen LogP contribution in [0.15, 0.2) is 0 Å². The Balaban J connectivity index is 1.98. The molecule has 1 aliphatic carbocycles. The average Bonchev–Trinajstić information content (AvgIpc) is 2.84. The number of likely N-dealkylation sites (N-methyl/N-ethyl adjacent to an activating group) is 2. The fourth-order valence-corrected chi connectivity index (χ4v) is 3.26. The van der Waals surface area contributed by atoms with Gasteiger partial charge in [0.05, 0.1) is 13.2 Å². The van der Waals surface area contributed by atoms with E-state index >= 15 is 0 Å². The molecule has 18 heavy (non-hydrogen) atoms. The molecular formula is C14H28N2O2. The van der Waals surface area contributed by atoms with Gasteiger partial charge in [0.1, 0.15) is 0 Å². The van der Waals surface area contributed by atoms with Gasteiger partial charge < -0.3 is 19.7 Å². The van der Waals surface area contributed by atoms with Gasteiger partial charge in [0.2, 0.25) is 0 Å². The van der Waals surface area contributed by atoms with Gasteiger partial charge in [-0.25, -0.2) is 0 Å². The maximum Gasteiger partial charge on any atom is 0.170 e. The Morgan fingerprint density at radius 1 is 1.33 bits per heavy atom. The van der Waals surface area contributed by atoms with Crippen molar-refractivity contribution >= 4 is 0 Å². The van der Waals surface area contributed by atoms with Gasteiger partial charge in [0.15, 0.2) is 5.79 Å². The predicted molar refractivity (Wildman–Crippen MR) is 72.7 cm³/mol. The minimum atomic E-state index is -0.279. The van der Waals surface area contributed by atoms with E-state index in [1.807, 2.05) is 0 Å². The summed E-state index contributed by atoms with van der Waals surface area (Å²) in [6.07, 6.45) is 5.67. The first-order valence-electron chi connectivity index (χ1n) is 7.36. The van der Waals surface area contributed by atoms with E-state index in [-0.39, 0.29) is 5.79 Å². The van der Waals surface area contributed by atoms with Gasteiger partial charge in [-0.05, 0) is 33.5 Å². The van der Waals surface area contributed by atoms with Crippen molar-refractivity contribution in [2.24, 2.45) is 0 Å². The third-order valence-corrected chi connectivity index (χ3v) is 4.44. The number of nitrogens with zero attached hydrogens (tertiary/aromatic N) is 1. The Morgan fingerprint density at radius 3 is 2.67 bits per heavy atom. The van der Waals surface area contributed by atoms with Gasteiger partial charge in [-0.2, -0.15) is 0 Å². The summed E-state index contributed by atoms with van der Waals surface area (Å²) in [6.45, 7) is 4.93. The minimum absolute atomic E-state index is 0.279. The molecule has 2 atom stereocenters. The fourth-order valence-electron chi connectivity index (χ4n) is 3.26. The molecular weight excluding hydrogens is 228 g/mol. The normalized spacial score (nSPS) is 31.3. The van der Waals surface area contributed by atoms with Crippen LogP contribution in [0.4, 0.5) is 0 Å². The SMILES string of the molecule is CCCCN(C)C1CC2(CCC1NC)OCCO2. The topological polar surface area (TPSA) is 33.7 Å². The Morgan fingerprint density at radius 2 is 2.06 bits per heavy atom. The largest absolute Gasteiger partial charge is 0.347 e. The summed E-state index contributed by atoms with van der Waals surface area (Å²) < 4.78 is 11.8. The first kappa shape index (κ1) is 14.3. The lowest BCUT2D eigenvalue weighted by atomic mass is 9.84. The van der Waals surface area contributed by atoms with Crippen LogP contribution in [0.5, 0.6) is 0 Å². The van der Waals surface area contributed by atoms with Crippen molar-refractivity contribution in [3.05, 3.63) is 0 Å². The maximum atomic E-state index is 5.88. The molecule has 0 aromatic heterocycles. The van der Waals surface area contributed by atoms with Crippen molar-refractivity contribution in [2.45, 2.75) is 56.9 Å². The molecule has 2 rings (SSSR count). The Hall–Kier alpha value is -0.160. The smallest absolute Gasteiger partial charge is 0.170 e. The summed E-state index contributed by atoms with van der Waals surface area (Å²) in [5.74, 6) is -0.279. The van der Waals surface area contributed by atoms with E-state index in [1.165, 1.54) is 12.8 Å². The van der Waals surface area contributed by atoms with Gasteiger partial charge in [-0.1, -0.05) is 13.3 Å². The van der Waals surface area contributed by atoms with E-state index in [2.05, 4.69) is 31.2 Å². The first-order valence-corrected chi connectivity index (χ1v) is 7.36. The molecule has 2 unspecified atom stereocenters. The van der Waals surface area contributed by atoms with Gasteiger partial charge >= 0.3 is 0 Å². The van der Waals surface area contributed by atoms with Crippen LogP contribution in [0.2, 0.25) is 0 Å². The lowest BCUT2D eigenvalue weighted by molar-refractivity contribution is -0.192. The lowest BCUT2D eigenvalue weighted by Gasteiger charge is -2.44. The zero-order chi connectivity index (χ0) is 13.0. The third kappa shape index (κ3) is 3.05. The molecule has 0 radical (unpaired) electrons. The van der Waals surface area contributed by atoms with Crippen LogP contribution >= 0.6 is 0 Å².